The number of carbonyl (C=O) groups is 1. The standard InChI is InChI=1S/C11H16N2O/c1-9(11(14)13(2)3)12-10-7-5-4-6-8-10/h4-9,12H,1-3H3/t9-/m0/s1. The molecule has 1 N–H and O–H groups in total. The number of benzene rings is 1. The number of likely N-dealkylation sites (N-methyl/N-ethyl adjacent to an activating group) is 1. The van der Waals surface area contributed by atoms with E-state index < -0.39 is 0 Å². The van der Waals surface area contributed by atoms with E-state index in [1.807, 2.05) is 37.3 Å². The van der Waals surface area contributed by atoms with E-state index in [1.54, 1.807) is 19.0 Å². The molecule has 0 aliphatic carbocycles. The molecule has 0 aromatic heterocycles. The number of amides is 1. The Balaban J connectivity index is 2.57. The van der Waals surface area contributed by atoms with Crippen LogP contribution in [0.5, 0.6) is 0 Å². The Morgan fingerprint density at radius 2 is 1.86 bits per heavy atom. The molecule has 0 spiro atoms. The highest BCUT2D eigenvalue weighted by atomic mass is 16.2. The summed E-state index contributed by atoms with van der Waals surface area (Å²) >= 11 is 0. The summed E-state index contributed by atoms with van der Waals surface area (Å²) in [5.41, 5.74) is 0.968. The zero-order valence-electron chi connectivity index (χ0n) is 8.82. The molecule has 0 aliphatic heterocycles. The normalized spacial score (nSPS) is 11.9. The Morgan fingerprint density at radius 3 is 2.36 bits per heavy atom. The van der Waals surface area contributed by atoms with E-state index in [1.165, 1.54) is 0 Å². The maximum atomic E-state index is 11.5. The maximum Gasteiger partial charge on any atom is 0.244 e. The number of nitrogens with zero attached hydrogens (tertiary/aromatic N) is 1. The van der Waals surface area contributed by atoms with Gasteiger partial charge in [0.1, 0.15) is 6.04 Å². The SMILES string of the molecule is C[C@H](Nc1ccccc1)C(=O)N(C)C. The minimum atomic E-state index is -0.188. The van der Waals surface area contributed by atoms with Gasteiger partial charge < -0.3 is 10.2 Å². The van der Waals surface area contributed by atoms with E-state index >= 15 is 0 Å². The van der Waals surface area contributed by atoms with Crippen molar-refractivity contribution >= 4 is 11.6 Å². The molecule has 0 aliphatic rings. The number of carbonyl (C=O) groups excluding carboxylic acids is 1. The van der Waals surface area contributed by atoms with Gasteiger partial charge in [0.2, 0.25) is 5.91 Å². The first-order valence-electron chi connectivity index (χ1n) is 4.64. The molecule has 1 aromatic rings. The van der Waals surface area contributed by atoms with Crippen molar-refractivity contribution in [3.63, 3.8) is 0 Å². The van der Waals surface area contributed by atoms with Gasteiger partial charge in [0.25, 0.3) is 0 Å². The first-order valence-corrected chi connectivity index (χ1v) is 4.64. The summed E-state index contributed by atoms with van der Waals surface area (Å²) in [5.74, 6) is 0.0776. The minimum Gasteiger partial charge on any atom is -0.374 e. The first-order chi connectivity index (χ1) is 6.61. The molecule has 0 radical (unpaired) electrons. The summed E-state index contributed by atoms with van der Waals surface area (Å²) in [4.78, 5) is 13.1. The predicted octanol–water partition coefficient (Wildman–Crippen LogP) is 1.58. The van der Waals surface area contributed by atoms with Gasteiger partial charge in [0.15, 0.2) is 0 Å². The Morgan fingerprint density at radius 1 is 1.29 bits per heavy atom. The summed E-state index contributed by atoms with van der Waals surface area (Å²) in [5, 5.41) is 3.13. The number of hydrogen-bond acceptors (Lipinski definition) is 2. The van der Waals surface area contributed by atoms with Crippen molar-refractivity contribution in [1.82, 2.24) is 4.90 Å². The van der Waals surface area contributed by atoms with Crippen LogP contribution in [0.1, 0.15) is 6.92 Å². The molecule has 76 valence electrons. The van der Waals surface area contributed by atoms with Gasteiger partial charge in [-0.25, -0.2) is 0 Å². The lowest BCUT2D eigenvalue weighted by Gasteiger charge is -2.18. The molecule has 3 heteroatoms. The molecule has 0 bridgehead atoms. The number of anilines is 1. The average molecular weight is 192 g/mol. The van der Waals surface area contributed by atoms with Gasteiger partial charge in [-0.1, -0.05) is 18.2 Å². The van der Waals surface area contributed by atoms with E-state index in [0.29, 0.717) is 0 Å². The van der Waals surface area contributed by atoms with Crippen LogP contribution in [0.25, 0.3) is 0 Å². The second-order valence-corrected chi connectivity index (χ2v) is 3.46. The fourth-order valence-electron chi connectivity index (χ4n) is 1.23. The lowest BCUT2D eigenvalue weighted by Crippen LogP contribution is -2.36. The quantitative estimate of drug-likeness (QED) is 0.788. The maximum absolute atomic E-state index is 11.5. The zero-order valence-corrected chi connectivity index (χ0v) is 8.82. The van der Waals surface area contributed by atoms with Crippen LogP contribution >= 0.6 is 0 Å². The summed E-state index contributed by atoms with van der Waals surface area (Å²) in [6, 6.07) is 9.53. The second kappa shape index (κ2) is 4.65. The first kappa shape index (κ1) is 10.6. The number of rotatable bonds is 3. The van der Waals surface area contributed by atoms with Crippen LogP contribution in [-0.4, -0.2) is 30.9 Å². The fourth-order valence-corrected chi connectivity index (χ4v) is 1.23. The molecule has 0 heterocycles. The number of hydrogen-bond donors (Lipinski definition) is 1. The van der Waals surface area contributed by atoms with Gasteiger partial charge in [-0.2, -0.15) is 0 Å². The molecule has 1 atom stereocenters. The van der Waals surface area contributed by atoms with Gasteiger partial charge in [-0.15, -0.1) is 0 Å². The van der Waals surface area contributed by atoms with E-state index in [-0.39, 0.29) is 11.9 Å². The minimum absolute atomic E-state index is 0.0776. The van der Waals surface area contributed by atoms with Crippen LogP contribution in [-0.2, 0) is 4.79 Å². The zero-order chi connectivity index (χ0) is 10.6. The van der Waals surface area contributed by atoms with Crippen molar-refractivity contribution in [3.8, 4) is 0 Å². The molecule has 0 saturated carbocycles. The summed E-state index contributed by atoms with van der Waals surface area (Å²) in [7, 11) is 3.51. The van der Waals surface area contributed by atoms with Gasteiger partial charge in [-0.3, -0.25) is 4.79 Å². The Hall–Kier alpha value is -1.51. The third-order valence-electron chi connectivity index (χ3n) is 1.97. The van der Waals surface area contributed by atoms with E-state index in [9.17, 15) is 4.79 Å². The van der Waals surface area contributed by atoms with Crippen molar-refractivity contribution in [2.45, 2.75) is 13.0 Å². The third kappa shape index (κ3) is 2.76. The van der Waals surface area contributed by atoms with E-state index in [4.69, 9.17) is 0 Å². The van der Waals surface area contributed by atoms with Gasteiger partial charge in [0, 0.05) is 19.8 Å². The Kier molecular flexibility index (Phi) is 3.51. The highest BCUT2D eigenvalue weighted by Crippen LogP contribution is 2.07. The largest absolute Gasteiger partial charge is 0.374 e. The molecule has 1 amide bonds. The molecule has 14 heavy (non-hydrogen) atoms. The van der Waals surface area contributed by atoms with Gasteiger partial charge in [0.05, 0.1) is 0 Å². The summed E-state index contributed by atoms with van der Waals surface area (Å²) < 4.78 is 0. The molecule has 1 rings (SSSR count). The molecular formula is C11H16N2O. The van der Waals surface area contributed by atoms with E-state index in [2.05, 4.69) is 5.32 Å². The van der Waals surface area contributed by atoms with Crippen LogP contribution in [0.15, 0.2) is 30.3 Å². The van der Waals surface area contributed by atoms with Crippen LogP contribution in [0.2, 0.25) is 0 Å². The lowest BCUT2D eigenvalue weighted by molar-refractivity contribution is -0.129. The molecule has 0 fully saturated rings. The van der Waals surface area contributed by atoms with E-state index in [0.717, 1.165) is 5.69 Å². The van der Waals surface area contributed by atoms with Gasteiger partial charge in [-0.05, 0) is 19.1 Å². The lowest BCUT2D eigenvalue weighted by atomic mass is 10.2. The van der Waals surface area contributed by atoms with Crippen LogP contribution in [0, 0.1) is 0 Å². The molecule has 0 saturated heterocycles. The fraction of sp³-hybridized carbons (Fsp3) is 0.364. The summed E-state index contributed by atoms with van der Waals surface area (Å²) in [6.07, 6.45) is 0. The van der Waals surface area contributed by atoms with Gasteiger partial charge >= 0.3 is 0 Å². The third-order valence-corrected chi connectivity index (χ3v) is 1.97. The molecule has 1 aromatic carbocycles. The molecule has 3 nitrogen and oxygen atoms in total. The van der Waals surface area contributed by atoms with Crippen molar-refractivity contribution < 1.29 is 4.79 Å². The van der Waals surface area contributed by atoms with Crippen LogP contribution in [0.3, 0.4) is 0 Å². The highest BCUT2D eigenvalue weighted by molar-refractivity contribution is 5.83. The molecular weight excluding hydrogens is 176 g/mol. The van der Waals surface area contributed by atoms with Crippen LogP contribution in [0.4, 0.5) is 5.69 Å². The van der Waals surface area contributed by atoms with Crippen molar-refractivity contribution in [2.75, 3.05) is 19.4 Å². The van der Waals surface area contributed by atoms with Crippen molar-refractivity contribution in [2.24, 2.45) is 0 Å². The second-order valence-electron chi connectivity index (χ2n) is 3.46. The highest BCUT2D eigenvalue weighted by Gasteiger charge is 2.13. The average Bonchev–Trinajstić information content (AvgIpc) is 2.18. The predicted molar refractivity (Wildman–Crippen MR) is 58.2 cm³/mol. The van der Waals surface area contributed by atoms with Crippen LogP contribution < -0.4 is 5.32 Å². The number of nitrogens with one attached hydrogen (secondary N) is 1. The van der Waals surface area contributed by atoms with Crippen molar-refractivity contribution in [1.29, 1.82) is 0 Å². The van der Waals surface area contributed by atoms with Crippen molar-refractivity contribution in [3.05, 3.63) is 30.3 Å². The smallest absolute Gasteiger partial charge is 0.244 e. The summed E-state index contributed by atoms with van der Waals surface area (Å²) in [6.45, 7) is 1.86. The Labute approximate surface area is 84.7 Å². The Bertz CT molecular complexity index is 295. The monoisotopic (exact) mass is 192 g/mol. The topological polar surface area (TPSA) is 32.3 Å². The molecule has 0 unspecified atom stereocenters. The number of para-hydroxylation sites is 1.